The molecule has 1 aliphatic heterocycles. The highest BCUT2D eigenvalue weighted by Crippen LogP contribution is 2.28. The van der Waals surface area contributed by atoms with Gasteiger partial charge in [-0.3, -0.25) is 4.99 Å². The Morgan fingerprint density at radius 2 is 2.25 bits per heavy atom. The topological polar surface area (TPSA) is 86.5 Å². The van der Waals surface area contributed by atoms with Gasteiger partial charge < -0.3 is 16.2 Å². The van der Waals surface area contributed by atoms with E-state index in [-0.39, 0.29) is 19.0 Å². The van der Waals surface area contributed by atoms with Crippen molar-refractivity contribution in [3.63, 3.8) is 0 Å². The molecule has 0 aliphatic carbocycles. The first-order chi connectivity index (χ1) is 7.66. The zero-order chi connectivity index (χ0) is 11.6. The monoisotopic (exact) mass is 224 g/mol. The van der Waals surface area contributed by atoms with E-state index in [1.165, 1.54) is 0 Å². The Hall–Kier alpha value is -1.69. The van der Waals surface area contributed by atoms with Crippen LogP contribution in [-0.4, -0.2) is 30.7 Å². The summed E-state index contributed by atoms with van der Waals surface area (Å²) in [5, 5.41) is 0. The molecule has 86 valence electrons. The molecule has 0 spiro atoms. The van der Waals surface area contributed by atoms with E-state index in [1.807, 2.05) is 0 Å². The summed E-state index contributed by atoms with van der Waals surface area (Å²) in [5.74, 6) is 0.595. The maximum absolute atomic E-state index is 13.2. The number of aromatic nitrogens is 1. The van der Waals surface area contributed by atoms with E-state index in [9.17, 15) is 4.39 Å². The highest BCUT2D eigenvalue weighted by atomic mass is 19.1. The van der Waals surface area contributed by atoms with Gasteiger partial charge in [0.15, 0.2) is 5.54 Å². The zero-order valence-electron chi connectivity index (χ0n) is 8.69. The molecule has 0 aromatic carbocycles. The van der Waals surface area contributed by atoms with Crippen molar-refractivity contribution in [2.75, 3.05) is 25.6 Å². The molecule has 0 bridgehead atoms. The fourth-order valence-corrected chi connectivity index (χ4v) is 1.64. The number of ether oxygens (including phenoxy) is 1. The van der Waals surface area contributed by atoms with Gasteiger partial charge in [0.1, 0.15) is 24.9 Å². The van der Waals surface area contributed by atoms with Gasteiger partial charge in [-0.1, -0.05) is 6.07 Å². The minimum Gasteiger partial charge on any atom is -0.385 e. The Labute approximate surface area is 92.3 Å². The molecule has 16 heavy (non-hydrogen) atoms. The number of anilines is 1. The molecule has 0 radical (unpaired) electrons. The molecule has 1 aromatic rings. The lowest BCUT2D eigenvalue weighted by molar-refractivity contribution is 0.0807. The molecular formula is C10H13FN4O. The van der Waals surface area contributed by atoms with E-state index in [1.54, 1.807) is 18.2 Å². The van der Waals surface area contributed by atoms with E-state index in [0.29, 0.717) is 11.5 Å². The summed E-state index contributed by atoms with van der Waals surface area (Å²) in [6.45, 7) is -0.366. The Bertz CT molecular complexity index is 423. The van der Waals surface area contributed by atoms with Crippen molar-refractivity contribution in [3.8, 4) is 0 Å². The van der Waals surface area contributed by atoms with Crippen LogP contribution >= 0.6 is 0 Å². The Kier molecular flexibility index (Phi) is 2.74. The number of hydrogen-bond acceptors (Lipinski definition) is 5. The minimum absolute atomic E-state index is 0.126. The van der Waals surface area contributed by atoms with Crippen LogP contribution < -0.4 is 11.5 Å². The molecule has 0 saturated carbocycles. The van der Waals surface area contributed by atoms with E-state index >= 15 is 0 Å². The molecule has 1 unspecified atom stereocenters. The van der Waals surface area contributed by atoms with Crippen molar-refractivity contribution in [1.82, 2.24) is 4.98 Å². The summed E-state index contributed by atoms with van der Waals surface area (Å²) in [7, 11) is 0. The Morgan fingerprint density at radius 3 is 2.88 bits per heavy atom. The van der Waals surface area contributed by atoms with Crippen LogP contribution in [0.4, 0.5) is 10.2 Å². The van der Waals surface area contributed by atoms with E-state index in [2.05, 4.69) is 9.98 Å². The maximum atomic E-state index is 13.2. The van der Waals surface area contributed by atoms with Gasteiger partial charge >= 0.3 is 0 Å². The molecule has 2 rings (SSSR count). The molecule has 0 saturated heterocycles. The third-order valence-electron chi connectivity index (χ3n) is 2.42. The van der Waals surface area contributed by atoms with Crippen LogP contribution in [0.1, 0.15) is 5.69 Å². The van der Waals surface area contributed by atoms with Crippen molar-refractivity contribution in [2.45, 2.75) is 5.54 Å². The van der Waals surface area contributed by atoms with E-state index in [4.69, 9.17) is 16.2 Å². The van der Waals surface area contributed by atoms with E-state index in [0.717, 1.165) is 0 Å². The Morgan fingerprint density at radius 1 is 1.44 bits per heavy atom. The first-order valence-electron chi connectivity index (χ1n) is 4.87. The lowest BCUT2D eigenvalue weighted by atomic mass is 9.97. The SMILES string of the molecule is NC1=NC(CF)(c2cccc(N)n2)COC1. The molecule has 6 heteroatoms. The van der Waals surface area contributed by atoms with Crippen LogP contribution in [0, 0.1) is 0 Å². The summed E-state index contributed by atoms with van der Waals surface area (Å²) in [6.07, 6.45) is 0. The summed E-state index contributed by atoms with van der Waals surface area (Å²) in [4.78, 5) is 8.19. The normalized spacial score (nSPS) is 25.2. The van der Waals surface area contributed by atoms with Crippen LogP contribution in [0.25, 0.3) is 0 Å². The average molecular weight is 224 g/mol. The molecule has 5 nitrogen and oxygen atoms in total. The number of aliphatic imine (C=N–C) groups is 1. The summed E-state index contributed by atoms with van der Waals surface area (Å²) < 4.78 is 18.4. The fourth-order valence-electron chi connectivity index (χ4n) is 1.64. The third kappa shape index (κ3) is 1.83. The second kappa shape index (κ2) is 4.05. The fraction of sp³-hybridized carbons (Fsp3) is 0.400. The molecule has 2 heterocycles. The predicted molar refractivity (Wildman–Crippen MR) is 58.7 cm³/mol. The number of pyridine rings is 1. The maximum Gasteiger partial charge on any atom is 0.156 e. The minimum atomic E-state index is -1.14. The number of hydrogen-bond donors (Lipinski definition) is 2. The van der Waals surface area contributed by atoms with Gasteiger partial charge in [-0.2, -0.15) is 0 Å². The number of amidine groups is 1. The van der Waals surface area contributed by atoms with Crippen molar-refractivity contribution in [1.29, 1.82) is 0 Å². The third-order valence-corrected chi connectivity index (χ3v) is 2.42. The van der Waals surface area contributed by atoms with Gasteiger partial charge in [0, 0.05) is 0 Å². The summed E-state index contributed by atoms with van der Waals surface area (Å²) in [6, 6.07) is 5.00. The molecule has 4 N–H and O–H groups in total. The molecule has 1 aliphatic rings. The molecular weight excluding hydrogens is 211 g/mol. The summed E-state index contributed by atoms with van der Waals surface area (Å²) in [5.41, 5.74) is 10.4. The largest absolute Gasteiger partial charge is 0.385 e. The molecule has 1 atom stereocenters. The van der Waals surface area contributed by atoms with Crippen LogP contribution in [0.3, 0.4) is 0 Å². The molecule has 0 amide bonds. The molecule has 1 aromatic heterocycles. The smallest absolute Gasteiger partial charge is 0.156 e. The zero-order valence-corrected chi connectivity index (χ0v) is 8.69. The first-order valence-corrected chi connectivity index (χ1v) is 4.87. The lowest BCUT2D eigenvalue weighted by Crippen LogP contribution is -2.42. The van der Waals surface area contributed by atoms with E-state index < -0.39 is 12.2 Å². The number of nitrogen functional groups attached to an aromatic ring is 1. The van der Waals surface area contributed by atoms with Crippen LogP contribution in [0.15, 0.2) is 23.2 Å². The highest BCUT2D eigenvalue weighted by molar-refractivity contribution is 5.82. The van der Waals surface area contributed by atoms with Crippen molar-refractivity contribution >= 4 is 11.7 Å². The van der Waals surface area contributed by atoms with Crippen molar-refractivity contribution in [2.24, 2.45) is 10.7 Å². The van der Waals surface area contributed by atoms with Gasteiger partial charge in [0.2, 0.25) is 0 Å². The van der Waals surface area contributed by atoms with Crippen LogP contribution in [0.5, 0.6) is 0 Å². The highest BCUT2D eigenvalue weighted by Gasteiger charge is 2.37. The lowest BCUT2D eigenvalue weighted by Gasteiger charge is -2.30. The quantitative estimate of drug-likeness (QED) is 0.752. The Balaban J connectivity index is 2.45. The van der Waals surface area contributed by atoms with Crippen molar-refractivity contribution < 1.29 is 9.13 Å². The number of nitrogens with two attached hydrogens (primary N) is 2. The van der Waals surface area contributed by atoms with Gasteiger partial charge in [0.05, 0.1) is 12.3 Å². The van der Waals surface area contributed by atoms with Gasteiger partial charge in [0.25, 0.3) is 0 Å². The van der Waals surface area contributed by atoms with Gasteiger partial charge in [-0.25, -0.2) is 9.37 Å². The predicted octanol–water partition coefficient (Wildman–Crippen LogP) is 0.216. The summed E-state index contributed by atoms with van der Waals surface area (Å²) >= 11 is 0. The van der Waals surface area contributed by atoms with Crippen molar-refractivity contribution in [3.05, 3.63) is 23.9 Å². The second-order valence-electron chi connectivity index (χ2n) is 3.71. The average Bonchev–Trinajstić information content (AvgIpc) is 2.29. The number of halogens is 1. The number of nitrogens with zero attached hydrogens (tertiary/aromatic N) is 2. The first kappa shape index (κ1) is 10.8. The number of alkyl halides is 1. The second-order valence-corrected chi connectivity index (χ2v) is 3.71. The number of rotatable bonds is 2. The van der Waals surface area contributed by atoms with Crippen LogP contribution in [0.2, 0.25) is 0 Å². The van der Waals surface area contributed by atoms with Gasteiger partial charge in [-0.05, 0) is 12.1 Å². The van der Waals surface area contributed by atoms with Gasteiger partial charge in [-0.15, -0.1) is 0 Å². The standard InChI is InChI=1S/C10H13FN4O/c11-5-10(6-16-4-9(13)15-10)7-2-1-3-8(12)14-7/h1-3H,4-6H2,(H2,12,14)(H2,13,15). The van der Waals surface area contributed by atoms with Crippen LogP contribution in [-0.2, 0) is 10.3 Å². The molecule has 0 fully saturated rings.